The summed E-state index contributed by atoms with van der Waals surface area (Å²) in [4.78, 5) is 25.5. The SMILES string of the molecule is O=C1CCC(C(=O)N2CCC(c3nnc(-c4ccco4)o3)CC2)N1. The van der Waals surface area contributed by atoms with Gasteiger partial charge in [-0.05, 0) is 31.4 Å². The van der Waals surface area contributed by atoms with E-state index in [0.717, 1.165) is 12.8 Å². The van der Waals surface area contributed by atoms with Crippen LogP contribution < -0.4 is 5.32 Å². The molecular formula is C16H18N4O4. The lowest BCUT2D eigenvalue weighted by molar-refractivity contribution is -0.135. The first-order chi connectivity index (χ1) is 11.7. The smallest absolute Gasteiger partial charge is 0.283 e. The monoisotopic (exact) mass is 330 g/mol. The van der Waals surface area contributed by atoms with Gasteiger partial charge in [0.05, 0.1) is 6.26 Å². The normalized spacial score (nSPS) is 21.9. The average molecular weight is 330 g/mol. The van der Waals surface area contributed by atoms with Crippen molar-refractivity contribution in [3.05, 3.63) is 24.3 Å². The van der Waals surface area contributed by atoms with Crippen LogP contribution in [0.3, 0.4) is 0 Å². The van der Waals surface area contributed by atoms with E-state index < -0.39 is 0 Å². The van der Waals surface area contributed by atoms with Gasteiger partial charge in [-0.1, -0.05) is 0 Å². The average Bonchev–Trinajstić information content (AvgIpc) is 3.35. The van der Waals surface area contributed by atoms with Gasteiger partial charge in [-0.25, -0.2) is 0 Å². The van der Waals surface area contributed by atoms with Crippen LogP contribution in [-0.4, -0.2) is 46.0 Å². The number of hydrogen-bond acceptors (Lipinski definition) is 6. The zero-order valence-electron chi connectivity index (χ0n) is 13.1. The third-order valence-corrected chi connectivity index (χ3v) is 4.62. The van der Waals surface area contributed by atoms with Crippen LogP contribution in [0.4, 0.5) is 0 Å². The molecule has 4 heterocycles. The van der Waals surface area contributed by atoms with Gasteiger partial charge in [0, 0.05) is 25.4 Å². The van der Waals surface area contributed by atoms with E-state index in [2.05, 4.69) is 15.5 Å². The van der Waals surface area contributed by atoms with Crippen LogP contribution in [0.2, 0.25) is 0 Å². The van der Waals surface area contributed by atoms with Gasteiger partial charge in [0.15, 0.2) is 5.76 Å². The van der Waals surface area contributed by atoms with Crippen molar-refractivity contribution in [3.8, 4) is 11.7 Å². The lowest BCUT2D eigenvalue weighted by Crippen LogP contribution is -2.47. The highest BCUT2D eigenvalue weighted by atomic mass is 16.4. The fraction of sp³-hybridized carbons (Fsp3) is 0.500. The van der Waals surface area contributed by atoms with E-state index in [1.54, 1.807) is 18.4 Å². The number of nitrogens with zero attached hydrogens (tertiary/aromatic N) is 3. The van der Waals surface area contributed by atoms with Gasteiger partial charge in [0.25, 0.3) is 5.89 Å². The summed E-state index contributed by atoms with van der Waals surface area (Å²) in [5, 5.41) is 10.9. The molecule has 2 aliphatic rings. The maximum atomic E-state index is 12.4. The summed E-state index contributed by atoms with van der Waals surface area (Å²) in [5.74, 6) is 1.63. The molecule has 2 saturated heterocycles. The molecule has 126 valence electrons. The Hall–Kier alpha value is -2.64. The molecule has 2 aliphatic heterocycles. The van der Waals surface area contributed by atoms with E-state index in [1.165, 1.54) is 0 Å². The number of amides is 2. The third kappa shape index (κ3) is 2.79. The minimum Gasteiger partial charge on any atom is -0.459 e. The van der Waals surface area contributed by atoms with Crippen LogP contribution in [-0.2, 0) is 9.59 Å². The molecule has 2 aromatic heterocycles. The highest BCUT2D eigenvalue weighted by Crippen LogP contribution is 2.30. The number of furan rings is 1. The second-order valence-electron chi connectivity index (χ2n) is 6.18. The van der Waals surface area contributed by atoms with Crippen LogP contribution in [0.5, 0.6) is 0 Å². The molecule has 2 aromatic rings. The van der Waals surface area contributed by atoms with Gasteiger partial charge in [0.1, 0.15) is 6.04 Å². The number of carbonyl (C=O) groups is 2. The van der Waals surface area contributed by atoms with Crippen molar-refractivity contribution >= 4 is 11.8 Å². The summed E-state index contributed by atoms with van der Waals surface area (Å²) in [7, 11) is 0. The number of rotatable bonds is 3. The lowest BCUT2D eigenvalue weighted by atomic mass is 9.96. The van der Waals surface area contributed by atoms with Crippen molar-refractivity contribution in [2.75, 3.05) is 13.1 Å². The molecule has 8 nitrogen and oxygen atoms in total. The topological polar surface area (TPSA) is 101 Å². The Morgan fingerprint density at radius 3 is 2.75 bits per heavy atom. The van der Waals surface area contributed by atoms with Gasteiger partial charge >= 0.3 is 0 Å². The Bertz CT molecular complexity index is 731. The Morgan fingerprint density at radius 1 is 1.25 bits per heavy atom. The standard InChI is InChI=1S/C16H18N4O4/c21-13-4-3-11(17-13)16(22)20-7-5-10(6-8-20)14-18-19-15(24-14)12-2-1-9-23-12/h1-2,9-11H,3-8H2,(H,17,21). The van der Waals surface area contributed by atoms with E-state index in [4.69, 9.17) is 8.83 Å². The van der Waals surface area contributed by atoms with E-state index in [-0.39, 0.29) is 23.8 Å². The number of piperidine rings is 1. The summed E-state index contributed by atoms with van der Waals surface area (Å²) in [6.45, 7) is 1.27. The molecule has 1 atom stereocenters. The highest BCUT2D eigenvalue weighted by Gasteiger charge is 2.34. The lowest BCUT2D eigenvalue weighted by Gasteiger charge is -2.32. The van der Waals surface area contributed by atoms with Gasteiger partial charge < -0.3 is 19.1 Å². The number of likely N-dealkylation sites (tertiary alicyclic amines) is 1. The Kier molecular flexibility index (Phi) is 3.79. The van der Waals surface area contributed by atoms with Crippen LogP contribution in [0, 0.1) is 0 Å². The third-order valence-electron chi connectivity index (χ3n) is 4.62. The summed E-state index contributed by atoms with van der Waals surface area (Å²) in [5.41, 5.74) is 0. The first-order valence-electron chi connectivity index (χ1n) is 8.16. The maximum Gasteiger partial charge on any atom is 0.283 e. The molecule has 0 aromatic carbocycles. The quantitative estimate of drug-likeness (QED) is 0.910. The van der Waals surface area contributed by atoms with Gasteiger partial charge in [-0.15, -0.1) is 10.2 Å². The number of hydrogen-bond donors (Lipinski definition) is 1. The molecule has 1 unspecified atom stereocenters. The molecule has 1 N–H and O–H groups in total. The van der Waals surface area contributed by atoms with Crippen LogP contribution in [0.1, 0.15) is 37.5 Å². The summed E-state index contributed by atoms with van der Waals surface area (Å²) in [6.07, 6.45) is 4.13. The summed E-state index contributed by atoms with van der Waals surface area (Å²) >= 11 is 0. The number of nitrogens with one attached hydrogen (secondary N) is 1. The molecule has 0 radical (unpaired) electrons. The zero-order valence-corrected chi connectivity index (χ0v) is 13.1. The van der Waals surface area contributed by atoms with Crippen molar-refractivity contribution in [2.24, 2.45) is 0 Å². The molecular weight excluding hydrogens is 312 g/mol. The molecule has 24 heavy (non-hydrogen) atoms. The van der Waals surface area contributed by atoms with E-state index in [0.29, 0.717) is 43.5 Å². The Balaban J connectivity index is 1.36. The number of carbonyl (C=O) groups excluding carboxylic acids is 2. The van der Waals surface area contributed by atoms with Gasteiger partial charge in [0.2, 0.25) is 17.7 Å². The highest BCUT2D eigenvalue weighted by molar-refractivity contribution is 5.90. The minimum atomic E-state index is -0.358. The summed E-state index contributed by atoms with van der Waals surface area (Å²) < 4.78 is 11.0. The first-order valence-corrected chi connectivity index (χ1v) is 8.16. The summed E-state index contributed by atoms with van der Waals surface area (Å²) in [6, 6.07) is 3.18. The molecule has 0 saturated carbocycles. The minimum absolute atomic E-state index is 0.0149. The van der Waals surface area contributed by atoms with Crippen molar-refractivity contribution in [2.45, 2.75) is 37.6 Å². The number of aromatic nitrogens is 2. The molecule has 0 aliphatic carbocycles. The van der Waals surface area contributed by atoms with Crippen molar-refractivity contribution in [1.29, 1.82) is 0 Å². The zero-order chi connectivity index (χ0) is 16.5. The second-order valence-corrected chi connectivity index (χ2v) is 6.18. The predicted octanol–water partition coefficient (Wildman–Crippen LogP) is 1.31. The van der Waals surface area contributed by atoms with Crippen molar-refractivity contribution < 1.29 is 18.4 Å². The molecule has 0 spiro atoms. The van der Waals surface area contributed by atoms with Crippen LogP contribution in [0.25, 0.3) is 11.7 Å². The predicted molar refractivity (Wildman–Crippen MR) is 81.7 cm³/mol. The molecule has 2 fully saturated rings. The Labute approximate surface area is 138 Å². The van der Waals surface area contributed by atoms with E-state index in [9.17, 15) is 9.59 Å². The molecule has 0 bridgehead atoms. The largest absolute Gasteiger partial charge is 0.459 e. The maximum absolute atomic E-state index is 12.4. The fourth-order valence-electron chi connectivity index (χ4n) is 3.27. The van der Waals surface area contributed by atoms with Gasteiger partial charge in [-0.3, -0.25) is 9.59 Å². The molecule has 4 rings (SSSR count). The van der Waals surface area contributed by atoms with E-state index >= 15 is 0 Å². The molecule has 2 amide bonds. The fourth-order valence-corrected chi connectivity index (χ4v) is 3.27. The van der Waals surface area contributed by atoms with Gasteiger partial charge in [-0.2, -0.15) is 0 Å². The van der Waals surface area contributed by atoms with Crippen molar-refractivity contribution in [3.63, 3.8) is 0 Å². The van der Waals surface area contributed by atoms with E-state index in [1.807, 2.05) is 4.90 Å². The second kappa shape index (κ2) is 6.10. The van der Waals surface area contributed by atoms with Crippen molar-refractivity contribution in [1.82, 2.24) is 20.4 Å². The first kappa shape index (κ1) is 14.9. The Morgan fingerprint density at radius 2 is 2.08 bits per heavy atom. The molecule has 8 heteroatoms. The van der Waals surface area contributed by atoms with Crippen LogP contribution >= 0.6 is 0 Å². The van der Waals surface area contributed by atoms with Crippen LogP contribution in [0.15, 0.2) is 27.2 Å².